The predicted octanol–water partition coefficient (Wildman–Crippen LogP) is 6.33. The van der Waals surface area contributed by atoms with Gasteiger partial charge < -0.3 is 24.8 Å². The lowest BCUT2D eigenvalue weighted by atomic mass is 9.94. The first kappa shape index (κ1) is 34.5. The fraction of sp³-hybridized carbons (Fsp3) is 0.488. The molecule has 4 aliphatic rings. The molecule has 3 aromatic rings. The molecule has 3 amide bonds. The fourth-order valence-corrected chi connectivity index (χ4v) is 7.83. The van der Waals surface area contributed by atoms with E-state index in [9.17, 15) is 14.4 Å². The number of amides is 3. The van der Waals surface area contributed by atoms with E-state index >= 15 is 0 Å². The van der Waals surface area contributed by atoms with E-state index in [0.29, 0.717) is 24.3 Å². The number of hydrogen-bond acceptors (Lipinski definition) is 6. The van der Waals surface area contributed by atoms with Crippen LogP contribution in [0.5, 0.6) is 0 Å². The number of methoxy groups -OCH3 is 1. The van der Waals surface area contributed by atoms with E-state index in [0.717, 1.165) is 71.5 Å². The highest BCUT2D eigenvalue weighted by Gasteiger charge is 2.56. The molecule has 4 heterocycles. The van der Waals surface area contributed by atoms with Crippen LogP contribution in [0.25, 0.3) is 16.6 Å². The van der Waals surface area contributed by atoms with E-state index in [1.165, 1.54) is 12.7 Å². The normalized spacial score (nSPS) is 23.5. The summed E-state index contributed by atoms with van der Waals surface area (Å²) in [6.45, 7) is 11.6. The van der Waals surface area contributed by atoms with Crippen molar-refractivity contribution >= 4 is 40.2 Å². The van der Waals surface area contributed by atoms with Gasteiger partial charge in [0.1, 0.15) is 11.9 Å². The maximum atomic E-state index is 13.7. The molecule has 7 rings (SSSR count). The van der Waals surface area contributed by atoms with Crippen LogP contribution in [-0.2, 0) is 14.3 Å². The zero-order chi connectivity index (χ0) is 36.0. The lowest BCUT2D eigenvalue weighted by molar-refractivity contribution is -0.137. The number of nitrogens with zero attached hydrogens (tertiary/aromatic N) is 4. The largest absolute Gasteiger partial charge is 0.453 e. The highest BCUT2D eigenvalue weighted by atomic mass is 16.5. The molecule has 266 valence electrons. The van der Waals surface area contributed by atoms with E-state index in [1.807, 2.05) is 62.2 Å². The lowest BCUT2D eigenvalue weighted by Gasteiger charge is -2.31. The number of rotatable bonds is 8. The number of carbonyl (C=O) groups excluding carboxylic acids is 3. The topological polar surface area (TPSA) is 120 Å². The highest BCUT2D eigenvalue weighted by Crippen LogP contribution is 2.56. The Bertz CT molecular complexity index is 1960. The zero-order valence-electron chi connectivity index (χ0n) is 30.4. The van der Waals surface area contributed by atoms with E-state index < -0.39 is 12.1 Å². The minimum absolute atomic E-state index is 0.0139. The SMILES string of the molecule is COC(=O)N[C@H](C(=O)N1C[C@@H]2C[C@@H]2[C@H]1c1nc2ccc(C#Cc3ccc(C4=CN=C([C@@H]5CCCN5C(=O)[C@@H](C)C(C)C)C4)cc3)cc2[nH]1)C(C)C. The number of imidazole rings is 1. The number of aromatic nitrogens is 2. The van der Waals surface area contributed by atoms with Gasteiger partial charge in [0.25, 0.3) is 0 Å². The molecule has 51 heavy (non-hydrogen) atoms. The van der Waals surface area contributed by atoms with Gasteiger partial charge in [0.15, 0.2) is 0 Å². The number of likely N-dealkylation sites (tertiary alicyclic amines) is 2. The Balaban J connectivity index is 1.01. The van der Waals surface area contributed by atoms with Gasteiger partial charge in [-0.3, -0.25) is 14.6 Å². The van der Waals surface area contributed by atoms with Crippen molar-refractivity contribution in [1.82, 2.24) is 25.1 Å². The number of hydrogen-bond donors (Lipinski definition) is 2. The number of carbonyl (C=O) groups is 3. The number of alkyl carbamates (subject to hydrolysis) is 1. The van der Waals surface area contributed by atoms with Gasteiger partial charge in [-0.15, -0.1) is 0 Å². The van der Waals surface area contributed by atoms with Crippen molar-refractivity contribution in [2.75, 3.05) is 20.2 Å². The van der Waals surface area contributed by atoms with Gasteiger partial charge in [-0.25, -0.2) is 9.78 Å². The van der Waals surface area contributed by atoms with Crippen LogP contribution in [0, 0.1) is 41.4 Å². The molecule has 6 atom stereocenters. The number of piperidine rings is 1. The van der Waals surface area contributed by atoms with Crippen LogP contribution in [0.4, 0.5) is 4.79 Å². The molecule has 10 nitrogen and oxygen atoms in total. The summed E-state index contributed by atoms with van der Waals surface area (Å²) in [6, 6.07) is 13.5. The third-order valence-corrected chi connectivity index (χ3v) is 11.3. The van der Waals surface area contributed by atoms with Crippen LogP contribution in [-0.4, -0.2) is 75.7 Å². The van der Waals surface area contributed by atoms with Crippen LogP contribution in [0.1, 0.15) is 88.9 Å². The second-order valence-electron chi connectivity index (χ2n) is 15.3. The van der Waals surface area contributed by atoms with Crippen molar-refractivity contribution in [1.29, 1.82) is 0 Å². The first-order valence-electron chi connectivity index (χ1n) is 18.4. The van der Waals surface area contributed by atoms with Gasteiger partial charge in [0.2, 0.25) is 11.8 Å². The number of benzene rings is 2. The molecule has 1 aliphatic carbocycles. The second kappa shape index (κ2) is 14.0. The van der Waals surface area contributed by atoms with Gasteiger partial charge >= 0.3 is 6.09 Å². The van der Waals surface area contributed by atoms with Crippen LogP contribution in [0.2, 0.25) is 0 Å². The number of aromatic amines is 1. The van der Waals surface area contributed by atoms with Crippen LogP contribution in [0.15, 0.2) is 53.7 Å². The fourth-order valence-electron chi connectivity index (χ4n) is 7.83. The second-order valence-corrected chi connectivity index (χ2v) is 15.3. The third-order valence-electron chi connectivity index (χ3n) is 11.3. The molecular weight excluding hydrogens is 640 g/mol. The summed E-state index contributed by atoms with van der Waals surface area (Å²) in [5.74, 6) is 8.58. The van der Waals surface area contributed by atoms with E-state index in [4.69, 9.17) is 14.7 Å². The monoisotopic (exact) mass is 688 g/mol. The zero-order valence-corrected chi connectivity index (χ0v) is 30.4. The minimum Gasteiger partial charge on any atom is -0.453 e. The Labute approximate surface area is 300 Å². The predicted molar refractivity (Wildman–Crippen MR) is 197 cm³/mol. The van der Waals surface area contributed by atoms with Gasteiger partial charge in [0, 0.05) is 48.5 Å². The Hall–Kier alpha value is -4.91. The first-order valence-corrected chi connectivity index (χ1v) is 18.4. The van der Waals surface area contributed by atoms with Crippen LogP contribution < -0.4 is 5.32 Å². The molecule has 3 aliphatic heterocycles. The third kappa shape index (κ3) is 6.91. The van der Waals surface area contributed by atoms with Crippen LogP contribution in [0.3, 0.4) is 0 Å². The Morgan fingerprint density at radius 3 is 2.43 bits per heavy atom. The van der Waals surface area contributed by atoms with Crippen molar-refractivity contribution in [3.8, 4) is 11.8 Å². The summed E-state index contributed by atoms with van der Waals surface area (Å²) in [7, 11) is 1.30. The summed E-state index contributed by atoms with van der Waals surface area (Å²) in [4.78, 5) is 56.0. The summed E-state index contributed by atoms with van der Waals surface area (Å²) in [5.41, 5.74) is 6.87. The molecule has 1 saturated carbocycles. The van der Waals surface area contributed by atoms with Crippen molar-refractivity contribution in [2.45, 2.75) is 78.4 Å². The van der Waals surface area contributed by atoms with E-state index in [2.05, 4.69) is 53.0 Å². The van der Waals surface area contributed by atoms with Crippen molar-refractivity contribution in [3.63, 3.8) is 0 Å². The van der Waals surface area contributed by atoms with Crippen molar-refractivity contribution in [3.05, 3.63) is 71.2 Å². The van der Waals surface area contributed by atoms with E-state index in [-0.39, 0.29) is 35.7 Å². The van der Waals surface area contributed by atoms with Gasteiger partial charge in [-0.05, 0) is 84.4 Å². The smallest absolute Gasteiger partial charge is 0.407 e. The van der Waals surface area contributed by atoms with Crippen molar-refractivity contribution in [2.24, 2.45) is 34.6 Å². The molecule has 3 fully saturated rings. The quantitative estimate of drug-likeness (QED) is 0.268. The molecule has 1 aromatic heterocycles. The number of aliphatic imine (C=N–C) groups is 1. The Morgan fingerprint density at radius 2 is 1.71 bits per heavy atom. The highest BCUT2D eigenvalue weighted by molar-refractivity contribution is 6.03. The number of fused-ring (bicyclic) bond motifs is 2. The molecule has 2 saturated heterocycles. The van der Waals surface area contributed by atoms with Gasteiger partial charge in [-0.2, -0.15) is 0 Å². The van der Waals surface area contributed by atoms with Gasteiger partial charge in [-0.1, -0.05) is 58.6 Å². The number of H-pyrrole nitrogens is 1. The Kier molecular flexibility index (Phi) is 9.49. The maximum Gasteiger partial charge on any atom is 0.407 e. The molecule has 0 spiro atoms. The average molecular weight is 689 g/mol. The summed E-state index contributed by atoms with van der Waals surface area (Å²) in [5, 5.41) is 2.73. The summed E-state index contributed by atoms with van der Waals surface area (Å²) in [6.07, 6.45) is 5.19. The molecule has 10 heteroatoms. The molecule has 0 radical (unpaired) electrons. The summed E-state index contributed by atoms with van der Waals surface area (Å²) < 4.78 is 4.78. The first-order chi connectivity index (χ1) is 24.5. The molecule has 2 aromatic carbocycles. The maximum absolute atomic E-state index is 13.7. The van der Waals surface area contributed by atoms with Crippen LogP contribution >= 0.6 is 0 Å². The number of nitrogens with one attached hydrogen (secondary N) is 2. The minimum atomic E-state index is -0.670. The Morgan fingerprint density at radius 1 is 0.961 bits per heavy atom. The van der Waals surface area contributed by atoms with E-state index in [1.54, 1.807) is 0 Å². The summed E-state index contributed by atoms with van der Waals surface area (Å²) >= 11 is 0. The molecular formula is C41H48N6O4. The average Bonchev–Trinajstić information content (AvgIpc) is 3.62. The number of allylic oxidation sites excluding steroid dienone is 1. The molecule has 0 bridgehead atoms. The lowest BCUT2D eigenvalue weighted by Crippen LogP contribution is -2.51. The molecule has 0 unspecified atom stereocenters. The standard InChI is InChI=1S/C41H48N6O4/c1-23(2)25(5)39(48)46-17-7-8-35(46)34-20-29(21-42-34)28-14-11-26(12-15-28)9-10-27-13-16-32-33(18-27)44-38(43-32)37-31-19-30(31)22-47(37)40(49)36(24(3)4)45-41(50)51-6/h11-16,18,21,23-25,30-31,35-37H,7-8,17,19-20,22H2,1-6H3,(H,43,44)(H,45,50)/t25-,30-,31-,35-,36-,37-/m0/s1. The van der Waals surface area contributed by atoms with Crippen molar-refractivity contribution < 1.29 is 19.1 Å². The number of ether oxygens (including phenoxy) is 1. The van der Waals surface area contributed by atoms with Gasteiger partial charge in [0.05, 0.1) is 30.2 Å². The molecule has 2 N–H and O–H groups in total.